The van der Waals surface area contributed by atoms with Crippen LogP contribution in [0.5, 0.6) is 11.5 Å². The largest absolute Gasteiger partial charge is 0.506 e. The van der Waals surface area contributed by atoms with Crippen LogP contribution in [0.1, 0.15) is 23.6 Å². The van der Waals surface area contributed by atoms with E-state index in [0.717, 1.165) is 10.9 Å². The lowest BCUT2D eigenvalue weighted by Crippen LogP contribution is -2.36. The topological polar surface area (TPSA) is 91.8 Å². The number of fused-ring (bicyclic) bond motifs is 3. The molecule has 2 N–H and O–H groups in total. The van der Waals surface area contributed by atoms with Crippen LogP contribution in [-0.2, 0) is 9.59 Å². The minimum atomic E-state index is -0.274. The Morgan fingerprint density at radius 2 is 2.07 bits per heavy atom. The molecule has 0 bridgehead atoms. The average molecular weight is 375 g/mol. The first-order valence-electron chi connectivity index (χ1n) is 8.97. The maximum atomic E-state index is 12.4. The number of pyridine rings is 1. The molecule has 0 saturated heterocycles. The molecule has 0 radical (unpaired) electrons. The van der Waals surface area contributed by atoms with Gasteiger partial charge in [-0.05, 0) is 29.8 Å². The normalized spacial score (nSPS) is 18.3. The van der Waals surface area contributed by atoms with Crippen molar-refractivity contribution in [1.29, 1.82) is 0 Å². The van der Waals surface area contributed by atoms with Gasteiger partial charge in [0.25, 0.3) is 5.91 Å². The first kappa shape index (κ1) is 16.6. The minimum absolute atomic E-state index is 0.0125. The highest BCUT2D eigenvalue weighted by Gasteiger charge is 2.32. The van der Waals surface area contributed by atoms with Crippen molar-refractivity contribution in [3.05, 3.63) is 53.7 Å². The van der Waals surface area contributed by atoms with E-state index in [9.17, 15) is 14.7 Å². The van der Waals surface area contributed by atoms with Crippen LogP contribution in [0, 0.1) is 0 Å². The molecule has 2 aliphatic heterocycles. The summed E-state index contributed by atoms with van der Waals surface area (Å²) in [7, 11) is 1.69. The fraction of sp³-hybridized carbons (Fsp3) is 0.190. The highest BCUT2D eigenvalue weighted by Crippen LogP contribution is 2.44. The molecule has 0 aliphatic carbocycles. The van der Waals surface area contributed by atoms with E-state index in [-0.39, 0.29) is 36.5 Å². The van der Waals surface area contributed by atoms with E-state index in [4.69, 9.17) is 4.74 Å². The molecule has 0 fully saturated rings. The van der Waals surface area contributed by atoms with Crippen molar-refractivity contribution in [3.63, 3.8) is 0 Å². The van der Waals surface area contributed by atoms with Gasteiger partial charge in [-0.25, -0.2) is 4.98 Å². The predicted molar refractivity (Wildman–Crippen MR) is 104 cm³/mol. The number of anilines is 2. The minimum Gasteiger partial charge on any atom is -0.506 e. The number of rotatable bonds is 1. The lowest BCUT2D eigenvalue weighted by molar-refractivity contribution is -0.121. The molecule has 2 aliphatic rings. The van der Waals surface area contributed by atoms with Crippen LogP contribution in [0.15, 0.2) is 42.5 Å². The van der Waals surface area contributed by atoms with Gasteiger partial charge in [-0.2, -0.15) is 0 Å². The van der Waals surface area contributed by atoms with Crippen molar-refractivity contribution < 1.29 is 19.4 Å². The maximum Gasteiger partial charge on any atom is 0.264 e. The highest BCUT2D eigenvalue weighted by molar-refractivity contribution is 6.01. The summed E-state index contributed by atoms with van der Waals surface area (Å²) in [6.07, 6.45) is 0.243. The van der Waals surface area contributed by atoms with E-state index in [1.165, 1.54) is 4.90 Å². The van der Waals surface area contributed by atoms with E-state index in [2.05, 4.69) is 10.3 Å². The van der Waals surface area contributed by atoms with Crippen LogP contribution in [0.2, 0.25) is 0 Å². The van der Waals surface area contributed by atoms with Gasteiger partial charge in [-0.1, -0.05) is 18.2 Å². The van der Waals surface area contributed by atoms with E-state index >= 15 is 0 Å². The zero-order chi connectivity index (χ0) is 19.4. The van der Waals surface area contributed by atoms with Gasteiger partial charge in [0.15, 0.2) is 6.61 Å². The van der Waals surface area contributed by atoms with Crippen molar-refractivity contribution >= 4 is 34.1 Å². The number of hydrogen-bond donors (Lipinski definition) is 2. The third kappa shape index (κ3) is 2.47. The van der Waals surface area contributed by atoms with Crippen molar-refractivity contribution in [1.82, 2.24) is 4.98 Å². The first-order valence-corrected chi connectivity index (χ1v) is 8.97. The summed E-state index contributed by atoms with van der Waals surface area (Å²) < 4.78 is 5.61. The molecule has 28 heavy (non-hydrogen) atoms. The Morgan fingerprint density at radius 3 is 2.93 bits per heavy atom. The number of nitrogens with zero attached hydrogens (tertiary/aromatic N) is 2. The Labute approximate surface area is 160 Å². The van der Waals surface area contributed by atoms with E-state index in [1.54, 1.807) is 25.2 Å². The Bertz CT molecular complexity index is 1160. The second-order valence-corrected chi connectivity index (χ2v) is 7.04. The van der Waals surface area contributed by atoms with Gasteiger partial charge < -0.3 is 20.1 Å². The number of benzene rings is 2. The summed E-state index contributed by atoms with van der Waals surface area (Å²) in [5, 5.41) is 13.9. The van der Waals surface area contributed by atoms with Gasteiger partial charge in [-0.15, -0.1) is 0 Å². The smallest absolute Gasteiger partial charge is 0.264 e. The van der Waals surface area contributed by atoms with Crippen molar-refractivity contribution in [2.75, 3.05) is 23.9 Å². The molecule has 7 heteroatoms. The molecule has 1 atom stereocenters. The fourth-order valence-electron chi connectivity index (χ4n) is 3.83. The molecule has 0 saturated carbocycles. The van der Waals surface area contributed by atoms with Crippen LogP contribution in [0.25, 0.3) is 10.9 Å². The summed E-state index contributed by atoms with van der Waals surface area (Å²) in [6.45, 7) is -0.0125. The number of likely N-dealkylation sites (N-methyl/N-ethyl adjacent to an activating group) is 1. The average Bonchev–Trinajstić information content (AvgIpc) is 2.69. The summed E-state index contributed by atoms with van der Waals surface area (Å²) in [5.41, 5.74) is 3.35. The number of carbonyl (C=O) groups is 2. The standard InChI is InChI=1S/C21H17N3O4/c1-24-16-9-15-12(7-18(16)28-10-20(24)27)13(8-19(26)22-15)14-6-5-11-3-2-4-17(25)21(11)23-14/h2-7,9,13,25H,8,10H2,1H3,(H,22,26). The van der Waals surface area contributed by atoms with Gasteiger partial charge >= 0.3 is 0 Å². The van der Waals surface area contributed by atoms with Crippen LogP contribution < -0.4 is 15.0 Å². The SMILES string of the molecule is CN1C(=O)COc2cc3c(cc21)NC(=O)CC3c1ccc2cccc(O)c2n1. The molecule has 7 nitrogen and oxygen atoms in total. The summed E-state index contributed by atoms with van der Waals surface area (Å²) in [6, 6.07) is 12.7. The monoisotopic (exact) mass is 375 g/mol. The summed E-state index contributed by atoms with van der Waals surface area (Å²) in [4.78, 5) is 30.4. The second-order valence-electron chi connectivity index (χ2n) is 7.04. The number of para-hydroxylation sites is 1. The third-order valence-corrected chi connectivity index (χ3v) is 5.33. The lowest BCUT2D eigenvalue weighted by Gasteiger charge is -2.31. The van der Waals surface area contributed by atoms with Crippen LogP contribution in [-0.4, -0.2) is 35.6 Å². The zero-order valence-corrected chi connectivity index (χ0v) is 15.1. The zero-order valence-electron chi connectivity index (χ0n) is 15.1. The Hall–Kier alpha value is -3.61. The van der Waals surface area contributed by atoms with E-state index in [1.807, 2.05) is 24.3 Å². The molecular formula is C21H17N3O4. The van der Waals surface area contributed by atoms with Crippen LogP contribution in [0.4, 0.5) is 11.4 Å². The number of phenolic OH excluding ortho intramolecular Hbond substituents is 1. The third-order valence-electron chi connectivity index (χ3n) is 5.33. The van der Waals surface area contributed by atoms with Crippen LogP contribution >= 0.6 is 0 Å². The van der Waals surface area contributed by atoms with Crippen molar-refractivity contribution in [3.8, 4) is 11.5 Å². The highest BCUT2D eigenvalue weighted by atomic mass is 16.5. The van der Waals surface area contributed by atoms with Crippen molar-refractivity contribution in [2.45, 2.75) is 12.3 Å². The number of aromatic hydroxyl groups is 1. The molecule has 5 rings (SSSR count). The molecule has 1 aromatic heterocycles. The number of aromatic nitrogens is 1. The number of hydrogen-bond acceptors (Lipinski definition) is 5. The van der Waals surface area contributed by atoms with Gasteiger partial charge in [0.2, 0.25) is 5.91 Å². The van der Waals surface area contributed by atoms with Gasteiger partial charge in [0.1, 0.15) is 17.0 Å². The molecule has 1 unspecified atom stereocenters. The maximum absolute atomic E-state index is 12.4. The Balaban J connectivity index is 1.66. The second kappa shape index (κ2) is 5.95. The number of nitrogens with one attached hydrogen (secondary N) is 1. The molecule has 140 valence electrons. The fourth-order valence-corrected chi connectivity index (χ4v) is 3.83. The summed E-state index contributed by atoms with van der Waals surface area (Å²) in [5.74, 6) is 0.170. The molecule has 3 aromatic rings. The van der Waals surface area contributed by atoms with Crippen LogP contribution in [0.3, 0.4) is 0 Å². The van der Waals surface area contributed by atoms with Gasteiger partial charge in [-0.3, -0.25) is 9.59 Å². The number of amides is 2. The number of carbonyl (C=O) groups excluding carboxylic acids is 2. The first-order chi connectivity index (χ1) is 13.5. The van der Waals surface area contributed by atoms with E-state index < -0.39 is 0 Å². The number of ether oxygens (including phenoxy) is 1. The molecular weight excluding hydrogens is 358 g/mol. The lowest BCUT2D eigenvalue weighted by atomic mass is 9.86. The van der Waals surface area contributed by atoms with E-state index in [0.29, 0.717) is 28.3 Å². The molecule has 0 spiro atoms. The number of phenols is 1. The molecule has 3 heterocycles. The summed E-state index contributed by atoms with van der Waals surface area (Å²) >= 11 is 0. The Morgan fingerprint density at radius 1 is 1.21 bits per heavy atom. The van der Waals surface area contributed by atoms with Gasteiger partial charge in [0.05, 0.1) is 5.69 Å². The molecule has 2 amide bonds. The Kier molecular flexibility index (Phi) is 3.52. The van der Waals surface area contributed by atoms with Crippen molar-refractivity contribution in [2.24, 2.45) is 0 Å². The van der Waals surface area contributed by atoms with Gasteiger partial charge in [0, 0.05) is 36.2 Å². The predicted octanol–water partition coefficient (Wildman–Crippen LogP) is 2.77. The molecule has 2 aromatic carbocycles. The quantitative estimate of drug-likeness (QED) is 0.682.